The summed E-state index contributed by atoms with van der Waals surface area (Å²) >= 11 is 4.42. The first-order valence-electron chi connectivity index (χ1n) is 5.55. The van der Waals surface area contributed by atoms with E-state index in [-0.39, 0.29) is 5.91 Å². The Balaban J connectivity index is 2.02. The molecule has 2 rings (SSSR count). The van der Waals surface area contributed by atoms with Gasteiger partial charge in [0.25, 0.3) is 5.91 Å². The lowest BCUT2D eigenvalue weighted by Crippen LogP contribution is -2.08. The Bertz CT molecular complexity index is 682. The maximum atomic E-state index is 11.7. The number of carbonyl (C=O) groups is 2. The zero-order chi connectivity index (χ0) is 14.5. The summed E-state index contributed by atoms with van der Waals surface area (Å²) in [6.07, 6.45) is 4.41. The second-order valence-electron chi connectivity index (χ2n) is 3.74. The Labute approximate surface area is 127 Å². The van der Waals surface area contributed by atoms with E-state index < -0.39 is 5.91 Å². The molecular formula is C13H10BrN3O2S. The molecule has 0 bridgehead atoms. The lowest BCUT2D eigenvalue weighted by atomic mass is 10.2. The minimum Gasteiger partial charge on any atom is -0.365 e. The van der Waals surface area contributed by atoms with Crippen molar-refractivity contribution in [3.63, 3.8) is 0 Å². The number of anilines is 1. The van der Waals surface area contributed by atoms with E-state index in [1.807, 2.05) is 24.3 Å². The Hall–Kier alpha value is -1.99. The number of benzene rings is 1. The smallest absolute Gasteiger partial charge is 0.260 e. The van der Waals surface area contributed by atoms with Crippen LogP contribution in [0.5, 0.6) is 0 Å². The van der Waals surface area contributed by atoms with Crippen molar-refractivity contribution in [3.05, 3.63) is 51.5 Å². The molecule has 1 aromatic carbocycles. The minimum absolute atomic E-state index is 0.301. The van der Waals surface area contributed by atoms with E-state index in [0.29, 0.717) is 10.0 Å². The number of hydrogen-bond acceptors (Lipinski definition) is 4. The van der Waals surface area contributed by atoms with E-state index in [0.717, 1.165) is 21.4 Å². The van der Waals surface area contributed by atoms with Crippen molar-refractivity contribution in [1.29, 1.82) is 0 Å². The van der Waals surface area contributed by atoms with E-state index in [4.69, 9.17) is 5.73 Å². The second-order valence-corrected chi connectivity index (χ2v) is 5.62. The van der Waals surface area contributed by atoms with Crippen molar-refractivity contribution in [1.82, 2.24) is 4.98 Å². The maximum Gasteiger partial charge on any atom is 0.260 e. The van der Waals surface area contributed by atoms with Crippen molar-refractivity contribution in [2.75, 3.05) is 5.32 Å². The SMILES string of the molecule is NC(=O)c1cnc(NC(=O)/C=C/c2ccccc2Br)s1. The van der Waals surface area contributed by atoms with Gasteiger partial charge in [-0.05, 0) is 17.7 Å². The number of primary amides is 1. The minimum atomic E-state index is -0.563. The fourth-order valence-corrected chi connectivity index (χ4v) is 2.46. The number of nitrogens with one attached hydrogen (secondary N) is 1. The predicted octanol–water partition coefficient (Wildman–Crippen LogP) is 2.66. The van der Waals surface area contributed by atoms with Crippen molar-refractivity contribution < 1.29 is 9.59 Å². The normalized spacial score (nSPS) is 10.7. The van der Waals surface area contributed by atoms with Gasteiger partial charge in [0.15, 0.2) is 5.13 Å². The molecule has 0 saturated carbocycles. The number of thiazole rings is 1. The predicted molar refractivity (Wildman–Crippen MR) is 82.4 cm³/mol. The summed E-state index contributed by atoms with van der Waals surface area (Å²) in [7, 11) is 0. The summed E-state index contributed by atoms with van der Waals surface area (Å²) in [4.78, 5) is 26.8. The van der Waals surface area contributed by atoms with Crippen LogP contribution >= 0.6 is 27.3 Å². The molecule has 0 spiro atoms. The van der Waals surface area contributed by atoms with Crippen LogP contribution < -0.4 is 11.1 Å². The summed E-state index contributed by atoms with van der Waals surface area (Å²) in [5.74, 6) is -0.891. The van der Waals surface area contributed by atoms with Gasteiger partial charge in [-0.15, -0.1) is 0 Å². The molecule has 0 atom stereocenters. The van der Waals surface area contributed by atoms with Gasteiger partial charge >= 0.3 is 0 Å². The quantitative estimate of drug-likeness (QED) is 0.830. The molecule has 20 heavy (non-hydrogen) atoms. The van der Waals surface area contributed by atoms with Gasteiger partial charge in [0.05, 0.1) is 6.20 Å². The number of nitrogens with two attached hydrogens (primary N) is 1. The third-order valence-electron chi connectivity index (χ3n) is 2.30. The van der Waals surface area contributed by atoms with Crippen molar-refractivity contribution in [3.8, 4) is 0 Å². The Morgan fingerprint density at radius 1 is 1.35 bits per heavy atom. The van der Waals surface area contributed by atoms with Gasteiger partial charge in [-0.2, -0.15) is 0 Å². The summed E-state index contributed by atoms with van der Waals surface area (Å²) in [5.41, 5.74) is 6.00. The van der Waals surface area contributed by atoms with Crippen LogP contribution in [0.4, 0.5) is 5.13 Å². The molecule has 0 aliphatic carbocycles. The molecule has 0 aliphatic rings. The highest BCUT2D eigenvalue weighted by Crippen LogP contribution is 2.19. The average molecular weight is 352 g/mol. The summed E-state index contributed by atoms with van der Waals surface area (Å²) in [5, 5.41) is 2.90. The van der Waals surface area contributed by atoms with E-state index in [2.05, 4.69) is 26.2 Å². The summed E-state index contributed by atoms with van der Waals surface area (Å²) in [6.45, 7) is 0. The third-order valence-corrected chi connectivity index (χ3v) is 3.95. The third kappa shape index (κ3) is 3.75. The summed E-state index contributed by atoms with van der Waals surface area (Å²) < 4.78 is 0.898. The molecule has 2 aromatic rings. The lowest BCUT2D eigenvalue weighted by Gasteiger charge is -1.98. The second kappa shape index (κ2) is 6.44. The van der Waals surface area contributed by atoms with Crippen LogP contribution in [0.1, 0.15) is 15.2 Å². The lowest BCUT2D eigenvalue weighted by molar-refractivity contribution is -0.111. The first-order valence-corrected chi connectivity index (χ1v) is 7.16. The van der Waals surface area contributed by atoms with Crippen LogP contribution in [0.2, 0.25) is 0 Å². The largest absolute Gasteiger partial charge is 0.365 e. The van der Waals surface area contributed by atoms with Gasteiger partial charge in [-0.3, -0.25) is 14.9 Å². The van der Waals surface area contributed by atoms with Gasteiger partial charge in [-0.25, -0.2) is 4.98 Å². The van der Waals surface area contributed by atoms with E-state index in [9.17, 15) is 9.59 Å². The summed E-state index contributed by atoms with van der Waals surface area (Å²) in [6, 6.07) is 7.53. The molecule has 0 radical (unpaired) electrons. The van der Waals surface area contributed by atoms with E-state index in [1.54, 1.807) is 6.08 Å². The molecule has 0 saturated heterocycles. The molecule has 0 fully saturated rings. The maximum absolute atomic E-state index is 11.7. The Morgan fingerprint density at radius 2 is 2.10 bits per heavy atom. The standard InChI is InChI=1S/C13H10BrN3O2S/c14-9-4-2-1-3-8(9)5-6-11(18)17-13-16-7-10(20-13)12(15)19/h1-7H,(H2,15,19)(H,16,17,18)/b6-5+. The van der Waals surface area contributed by atoms with Crippen LogP contribution in [0.15, 0.2) is 41.0 Å². The van der Waals surface area contributed by atoms with E-state index in [1.165, 1.54) is 12.3 Å². The van der Waals surface area contributed by atoms with Crippen LogP contribution in [-0.4, -0.2) is 16.8 Å². The van der Waals surface area contributed by atoms with Crippen LogP contribution in [0, 0.1) is 0 Å². The zero-order valence-electron chi connectivity index (χ0n) is 10.2. The van der Waals surface area contributed by atoms with Crippen molar-refractivity contribution in [2.45, 2.75) is 0 Å². The first kappa shape index (κ1) is 14.4. The first-order chi connectivity index (χ1) is 9.56. The highest BCUT2D eigenvalue weighted by molar-refractivity contribution is 9.10. The molecule has 102 valence electrons. The zero-order valence-corrected chi connectivity index (χ0v) is 12.6. The van der Waals surface area contributed by atoms with Gasteiger partial charge in [0.1, 0.15) is 4.88 Å². The van der Waals surface area contributed by atoms with Crippen molar-refractivity contribution in [2.24, 2.45) is 5.73 Å². The van der Waals surface area contributed by atoms with Gasteiger partial charge in [-0.1, -0.05) is 45.5 Å². The molecule has 0 unspecified atom stereocenters. The van der Waals surface area contributed by atoms with Crippen LogP contribution in [0.25, 0.3) is 6.08 Å². The Morgan fingerprint density at radius 3 is 2.75 bits per heavy atom. The number of amides is 2. The number of halogens is 1. The number of aromatic nitrogens is 1. The van der Waals surface area contributed by atoms with Gasteiger partial charge < -0.3 is 5.73 Å². The van der Waals surface area contributed by atoms with E-state index >= 15 is 0 Å². The van der Waals surface area contributed by atoms with Crippen molar-refractivity contribution >= 4 is 50.3 Å². The highest BCUT2D eigenvalue weighted by Gasteiger charge is 2.08. The molecule has 2 amide bonds. The molecule has 1 aromatic heterocycles. The number of rotatable bonds is 4. The van der Waals surface area contributed by atoms with Crippen LogP contribution in [0.3, 0.4) is 0 Å². The topological polar surface area (TPSA) is 85.1 Å². The molecule has 1 heterocycles. The number of nitrogens with zero attached hydrogens (tertiary/aromatic N) is 1. The number of carbonyl (C=O) groups excluding carboxylic acids is 2. The van der Waals surface area contributed by atoms with Crippen LogP contribution in [-0.2, 0) is 4.79 Å². The molecular weight excluding hydrogens is 342 g/mol. The average Bonchev–Trinajstić information content (AvgIpc) is 2.86. The molecule has 7 heteroatoms. The van der Waals surface area contributed by atoms with Gasteiger partial charge in [0.2, 0.25) is 5.91 Å². The Kier molecular flexibility index (Phi) is 4.65. The van der Waals surface area contributed by atoms with Gasteiger partial charge in [0, 0.05) is 10.5 Å². The molecule has 0 aliphatic heterocycles. The highest BCUT2D eigenvalue weighted by atomic mass is 79.9. The fraction of sp³-hybridized carbons (Fsp3) is 0. The number of hydrogen-bond donors (Lipinski definition) is 2. The monoisotopic (exact) mass is 351 g/mol. The molecule has 5 nitrogen and oxygen atoms in total. The fourth-order valence-electron chi connectivity index (χ4n) is 1.37. The molecule has 3 N–H and O–H groups in total.